The number of likely N-dealkylation sites (N-methyl/N-ethyl adjacent to an activating group) is 1. The predicted molar refractivity (Wildman–Crippen MR) is 123 cm³/mol. The molecule has 31 heavy (non-hydrogen) atoms. The molecule has 1 aliphatic heterocycles. The topological polar surface area (TPSA) is 45.4 Å². The Morgan fingerprint density at radius 3 is 2.29 bits per heavy atom. The van der Waals surface area contributed by atoms with Crippen LogP contribution in [0, 0.1) is 5.82 Å². The number of nitrogens with zero attached hydrogens (tertiary/aromatic N) is 4. The highest BCUT2D eigenvalue weighted by Gasteiger charge is 2.24. The fourth-order valence-corrected chi connectivity index (χ4v) is 4.81. The average Bonchev–Trinajstić information content (AvgIpc) is 3.54. The van der Waals surface area contributed by atoms with Crippen LogP contribution >= 0.6 is 11.3 Å². The summed E-state index contributed by atoms with van der Waals surface area (Å²) >= 11 is 1.55. The second kappa shape index (κ2) is 8.24. The van der Waals surface area contributed by atoms with E-state index in [-0.39, 0.29) is 5.82 Å². The zero-order chi connectivity index (χ0) is 21.4. The van der Waals surface area contributed by atoms with E-state index < -0.39 is 0 Å². The Morgan fingerprint density at radius 2 is 1.58 bits per heavy atom. The van der Waals surface area contributed by atoms with Crippen molar-refractivity contribution in [2.75, 3.05) is 32.1 Å². The molecule has 0 amide bonds. The molecule has 0 aliphatic carbocycles. The molecule has 4 aromatic rings. The number of halogens is 1. The van der Waals surface area contributed by atoms with Crippen LogP contribution < -0.4 is 4.90 Å². The lowest BCUT2D eigenvalue weighted by Gasteiger charge is -2.21. The van der Waals surface area contributed by atoms with Gasteiger partial charge in [-0.05, 0) is 74.6 Å². The van der Waals surface area contributed by atoms with Crippen molar-refractivity contribution in [1.82, 2.24) is 15.1 Å². The molecule has 1 fully saturated rings. The van der Waals surface area contributed by atoms with E-state index >= 15 is 0 Å². The lowest BCUT2D eigenvalue weighted by molar-refractivity contribution is 0.315. The Hall–Kier alpha value is -3.03. The van der Waals surface area contributed by atoms with Crippen LogP contribution in [0.4, 0.5) is 10.1 Å². The number of hydrogen-bond acceptors (Lipinski definition) is 6. The maximum Gasteiger partial charge on any atom is 0.258 e. The molecule has 3 heterocycles. The molecule has 0 saturated carbocycles. The van der Waals surface area contributed by atoms with Gasteiger partial charge in [-0.1, -0.05) is 12.1 Å². The fourth-order valence-electron chi connectivity index (χ4n) is 3.87. The molecule has 158 valence electrons. The van der Waals surface area contributed by atoms with Gasteiger partial charge >= 0.3 is 0 Å². The van der Waals surface area contributed by atoms with Gasteiger partial charge in [-0.3, -0.25) is 0 Å². The quantitative estimate of drug-likeness (QED) is 0.420. The van der Waals surface area contributed by atoms with Crippen LogP contribution in [0.1, 0.15) is 6.42 Å². The maximum absolute atomic E-state index is 13.2. The molecule has 5 rings (SSSR count). The summed E-state index contributed by atoms with van der Waals surface area (Å²) in [6, 6.07) is 19.3. The molecule has 1 saturated heterocycles. The Balaban J connectivity index is 1.31. The molecule has 0 N–H and O–H groups in total. The largest absolute Gasteiger partial charge is 0.415 e. The zero-order valence-corrected chi connectivity index (χ0v) is 18.3. The average molecular weight is 435 g/mol. The van der Waals surface area contributed by atoms with Gasteiger partial charge in [0.25, 0.3) is 5.89 Å². The third kappa shape index (κ3) is 4.11. The van der Waals surface area contributed by atoms with Crippen LogP contribution in [0.15, 0.2) is 65.1 Å². The molecular formula is C24H23FN4OS. The summed E-state index contributed by atoms with van der Waals surface area (Å²) in [5.74, 6) is 0.756. The first kappa shape index (κ1) is 19.9. The van der Waals surface area contributed by atoms with E-state index in [9.17, 15) is 4.39 Å². The van der Waals surface area contributed by atoms with Gasteiger partial charge < -0.3 is 14.2 Å². The van der Waals surface area contributed by atoms with Gasteiger partial charge in [0, 0.05) is 35.3 Å². The highest BCUT2D eigenvalue weighted by molar-refractivity contribution is 7.18. The highest BCUT2D eigenvalue weighted by atomic mass is 32.1. The standard InChI is InChI=1S/C24H23FN4OS/c1-28(2)20-13-14-29(15-20)19-9-5-17(6-10-19)23-26-27-24(30-23)22-12-11-21(31-22)16-3-7-18(25)8-4-16/h3-12,20H,13-15H2,1-2H3. The third-order valence-electron chi connectivity index (χ3n) is 5.74. The van der Waals surface area contributed by atoms with E-state index in [1.807, 2.05) is 24.3 Å². The van der Waals surface area contributed by atoms with Crippen molar-refractivity contribution in [3.05, 3.63) is 66.5 Å². The number of benzene rings is 2. The Kier molecular flexibility index (Phi) is 5.29. The van der Waals surface area contributed by atoms with Gasteiger partial charge in [0.05, 0.1) is 4.88 Å². The number of thiophene rings is 1. The SMILES string of the molecule is CN(C)C1CCN(c2ccc(-c3nnc(-c4ccc(-c5ccc(F)cc5)s4)o3)cc2)C1. The summed E-state index contributed by atoms with van der Waals surface area (Å²) in [6.45, 7) is 2.12. The van der Waals surface area contributed by atoms with E-state index in [0.29, 0.717) is 17.8 Å². The minimum atomic E-state index is -0.240. The summed E-state index contributed by atoms with van der Waals surface area (Å²) in [5.41, 5.74) is 3.09. The van der Waals surface area contributed by atoms with E-state index in [2.05, 4.69) is 46.2 Å². The van der Waals surface area contributed by atoms with Crippen LogP contribution in [-0.4, -0.2) is 48.3 Å². The molecule has 0 spiro atoms. The van der Waals surface area contributed by atoms with E-state index in [1.165, 1.54) is 24.2 Å². The summed E-state index contributed by atoms with van der Waals surface area (Å²) < 4.78 is 19.1. The summed E-state index contributed by atoms with van der Waals surface area (Å²) in [7, 11) is 4.28. The minimum Gasteiger partial charge on any atom is -0.415 e. The lowest BCUT2D eigenvalue weighted by atomic mass is 10.2. The van der Waals surface area contributed by atoms with Crippen molar-refractivity contribution in [2.45, 2.75) is 12.5 Å². The number of anilines is 1. The van der Waals surface area contributed by atoms with Crippen molar-refractivity contribution in [2.24, 2.45) is 0 Å². The molecule has 1 aliphatic rings. The normalized spacial score (nSPS) is 16.4. The van der Waals surface area contributed by atoms with Crippen molar-refractivity contribution in [3.63, 3.8) is 0 Å². The first-order valence-electron chi connectivity index (χ1n) is 10.3. The van der Waals surface area contributed by atoms with Crippen molar-refractivity contribution in [1.29, 1.82) is 0 Å². The minimum absolute atomic E-state index is 0.240. The summed E-state index contributed by atoms with van der Waals surface area (Å²) in [6.07, 6.45) is 1.18. The Morgan fingerprint density at radius 1 is 0.903 bits per heavy atom. The van der Waals surface area contributed by atoms with Gasteiger partial charge in [0.2, 0.25) is 5.89 Å². The zero-order valence-electron chi connectivity index (χ0n) is 17.5. The van der Waals surface area contributed by atoms with Crippen molar-refractivity contribution in [3.8, 4) is 32.7 Å². The monoisotopic (exact) mass is 434 g/mol. The molecule has 1 atom stereocenters. The molecule has 1 unspecified atom stereocenters. The van der Waals surface area contributed by atoms with Gasteiger partial charge in [-0.2, -0.15) is 0 Å². The summed E-state index contributed by atoms with van der Waals surface area (Å²) in [5, 5.41) is 8.47. The lowest BCUT2D eigenvalue weighted by Crippen LogP contribution is -2.31. The van der Waals surface area contributed by atoms with E-state index in [1.54, 1.807) is 23.5 Å². The number of hydrogen-bond donors (Lipinski definition) is 0. The van der Waals surface area contributed by atoms with Gasteiger partial charge in [-0.25, -0.2) is 4.39 Å². The maximum atomic E-state index is 13.2. The first-order chi connectivity index (χ1) is 15.1. The van der Waals surface area contributed by atoms with Gasteiger partial charge in [-0.15, -0.1) is 21.5 Å². The second-order valence-electron chi connectivity index (χ2n) is 7.98. The van der Waals surface area contributed by atoms with Gasteiger partial charge in [0.1, 0.15) is 5.82 Å². The Labute approximate surface area is 184 Å². The molecular weight excluding hydrogens is 411 g/mol. The molecule has 7 heteroatoms. The molecule has 2 aromatic heterocycles. The Bertz CT molecular complexity index is 1170. The second-order valence-corrected chi connectivity index (χ2v) is 9.07. The molecule has 2 aromatic carbocycles. The van der Waals surface area contributed by atoms with Crippen molar-refractivity contribution >= 4 is 17.0 Å². The first-order valence-corrected chi connectivity index (χ1v) is 11.1. The number of rotatable bonds is 5. The predicted octanol–water partition coefficient (Wildman–Crippen LogP) is 5.41. The molecule has 0 bridgehead atoms. The molecule has 5 nitrogen and oxygen atoms in total. The van der Waals surface area contributed by atoms with Gasteiger partial charge in [0.15, 0.2) is 0 Å². The summed E-state index contributed by atoms with van der Waals surface area (Å²) in [4.78, 5) is 6.62. The van der Waals surface area contributed by atoms with Crippen LogP contribution in [0.3, 0.4) is 0 Å². The van der Waals surface area contributed by atoms with E-state index in [0.717, 1.165) is 34.0 Å². The van der Waals surface area contributed by atoms with E-state index in [4.69, 9.17) is 4.42 Å². The smallest absolute Gasteiger partial charge is 0.258 e. The van der Waals surface area contributed by atoms with Crippen molar-refractivity contribution < 1.29 is 8.81 Å². The van der Waals surface area contributed by atoms with Crippen LogP contribution in [-0.2, 0) is 0 Å². The fraction of sp³-hybridized carbons (Fsp3) is 0.250. The number of aromatic nitrogens is 2. The highest BCUT2D eigenvalue weighted by Crippen LogP contribution is 2.35. The van der Waals surface area contributed by atoms with Crippen LogP contribution in [0.25, 0.3) is 32.7 Å². The van der Waals surface area contributed by atoms with Crippen LogP contribution in [0.5, 0.6) is 0 Å². The van der Waals surface area contributed by atoms with Crippen LogP contribution in [0.2, 0.25) is 0 Å². The third-order valence-corrected chi connectivity index (χ3v) is 6.87. The molecule has 0 radical (unpaired) electrons.